The fraction of sp³-hybridized carbons (Fsp3) is 0.938. The number of hydrogen-bond acceptors (Lipinski definition) is 5. The molecule has 0 aromatic carbocycles. The first-order valence-corrected chi connectivity index (χ1v) is 27.6. The van der Waals surface area contributed by atoms with Gasteiger partial charge in [0.1, 0.15) is 0 Å². The maximum Gasteiger partial charge on any atom is 0.476 e. The Morgan fingerprint density at radius 2 is 0.778 bits per heavy atom. The molecule has 0 aliphatic heterocycles. The summed E-state index contributed by atoms with van der Waals surface area (Å²) in [5.74, 6) is 0. The second kappa shape index (κ2) is 9.49. The predicted molar refractivity (Wildman–Crippen MR) is 131 cm³/mol. The highest BCUT2D eigenvalue weighted by atomic mass is 28.5. The van der Waals surface area contributed by atoms with E-state index < -0.39 is 50.9 Å². The van der Waals surface area contributed by atoms with Crippen LogP contribution in [0.25, 0.3) is 0 Å². The summed E-state index contributed by atoms with van der Waals surface area (Å²) in [6.07, 6.45) is 0.839. The molecule has 27 heavy (non-hydrogen) atoms. The normalized spacial score (nSPS) is 15.3. The van der Waals surface area contributed by atoms with Crippen LogP contribution in [0.4, 0.5) is 0 Å². The molecule has 0 fully saturated rings. The van der Waals surface area contributed by atoms with Gasteiger partial charge in [-0.25, -0.2) is 0 Å². The van der Waals surface area contributed by atoms with Crippen LogP contribution in [0, 0.1) is 6.04 Å². The van der Waals surface area contributed by atoms with Gasteiger partial charge in [-0.15, -0.1) is 0 Å². The van der Waals surface area contributed by atoms with E-state index in [2.05, 4.69) is 98.1 Å². The predicted octanol–water partition coefficient (Wildman–Crippen LogP) is 6.07. The van der Waals surface area contributed by atoms with E-state index in [0.29, 0.717) is 0 Å². The van der Waals surface area contributed by atoms with Crippen molar-refractivity contribution in [1.29, 1.82) is 0 Å². The van der Waals surface area contributed by atoms with Crippen molar-refractivity contribution in [2.45, 2.75) is 98.5 Å². The first-order valence-electron chi connectivity index (χ1n) is 9.95. The standard InChI is InChI=1S/C16H45O5Si6/c1-15-16-27(19-24(8,9)10,20-25(11,12)17-22(2,3)4)21-26(13,14)18-23(5,6)7/h16H,15H2,1-14H3. The Morgan fingerprint density at radius 3 is 1.00 bits per heavy atom. The van der Waals surface area contributed by atoms with E-state index in [0.717, 1.165) is 6.42 Å². The molecule has 163 valence electrons. The molecule has 0 aliphatic rings. The summed E-state index contributed by atoms with van der Waals surface area (Å²) in [6, 6.07) is 2.15. The summed E-state index contributed by atoms with van der Waals surface area (Å²) in [6.45, 7) is 30.3. The minimum atomic E-state index is -3.05. The molecule has 0 aromatic heterocycles. The van der Waals surface area contributed by atoms with Crippen LogP contribution < -0.4 is 0 Å². The Kier molecular flexibility index (Phi) is 9.88. The van der Waals surface area contributed by atoms with Gasteiger partial charge in [0.15, 0.2) is 25.0 Å². The molecule has 0 aromatic rings. The Bertz CT molecular complexity index is 435. The zero-order valence-corrected chi connectivity index (χ0v) is 26.3. The van der Waals surface area contributed by atoms with Crippen molar-refractivity contribution in [3.8, 4) is 0 Å². The topological polar surface area (TPSA) is 46.2 Å². The molecule has 1 radical (unpaired) electrons. The van der Waals surface area contributed by atoms with Gasteiger partial charge in [-0.3, -0.25) is 0 Å². The van der Waals surface area contributed by atoms with E-state index in [1.807, 2.05) is 0 Å². The molecule has 0 rings (SSSR count). The average molecular weight is 486 g/mol. The van der Waals surface area contributed by atoms with E-state index in [9.17, 15) is 0 Å². The van der Waals surface area contributed by atoms with Gasteiger partial charge in [0, 0.05) is 6.04 Å². The van der Waals surface area contributed by atoms with Crippen LogP contribution in [0.15, 0.2) is 0 Å². The fourth-order valence-corrected chi connectivity index (χ4v) is 28.0. The van der Waals surface area contributed by atoms with Gasteiger partial charge in [0.25, 0.3) is 0 Å². The average Bonchev–Trinajstić information content (AvgIpc) is 2.14. The lowest BCUT2D eigenvalue weighted by atomic mass is 10.6. The van der Waals surface area contributed by atoms with Crippen LogP contribution in [0.3, 0.4) is 0 Å². The van der Waals surface area contributed by atoms with Crippen molar-refractivity contribution in [1.82, 2.24) is 0 Å². The molecule has 0 saturated heterocycles. The van der Waals surface area contributed by atoms with Crippen LogP contribution >= 0.6 is 0 Å². The Labute approximate surface area is 175 Å². The van der Waals surface area contributed by atoms with Gasteiger partial charge >= 0.3 is 25.9 Å². The first kappa shape index (κ1) is 28.1. The highest BCUT2D eigenvalue weighted by molar-refractivity contribution is 6.93. The van der Waals surface area contributed by atoms with Crippen molar-refractivity contribution >= 4 is 50.9 Å². The minimum Gasteiger partial charge on any atom is -0.437 e. The number of rotatable bonds is 12. The summed E-state index contributed by atoms with van der Waals surface area (Å²) < 4.78 is 33.1. The smallest absolute Gasteiger partial charge is 0.437 e. The first-order chi connectivity index (χ1) is 11.6. The van der Waals surface area contributed by atoms with E-state index in [1.165, 1.54) is 0 Å². The van der Waals surface area contributed by atoms with Crippen LogP contribution in [-0.4, -0.2) is 50.9 Å². The van der Waals surface area contributed by atoms with E-state index >= 15 is 0 Å². The molecular formula is C16H45O5Si6. The molecule has 0 heterocycles. The fourth-order valence-electron chi connectivity index (χ4n) is 3.07. The molecule has 5 nitrogen and oxygen atoms in total. The molecule has 0 N–H and O–H groups in total. The molecule has 0 amide bonds. The summed E-state index contributed by atoms with van der Waals surface area (Å²) in [4.78, 5) is 0. The highest BCUT2D eigenvalue weighted by Gasteiger charge is 2.54. The van der Waals surface area contributed by atoms with Gasteiger partial charge in [-0.1, -0.05) is 6.92 Å². The van der Waals surface area contributed by atoms with E-state index in [-0.39, 0.29) is 0 Å². The second-order valence-electron chi connectivity index (χ2n) is 10.9. The monoisotopic (exact) mass is 485 g/mol. The van der Waals surface area contributed by atoms with Crippen molar-refractivity contribution in [2.24, 2.45) is 0 Å². The van der Waals surface area contributed by atoms with Crippen LogP contribution in [-0.2, 0) is 20.6 Å². The van der Waals surface area contributed by atoms with Crippen molar-refractivity contribution < 1.29 is 20.6 Å². The molecule has 0 aliphatic carbocycles. The van der Waals surface area contributed by atoms with E-state index in [1.54, 1.807) is 0 Å². The van der Waals surface area contributed by atoms with Crippen molar-refractivity contribution in [3.05, 3.63) is 6.04 Å². The summed E-state index contributed by atoms with van der Waals surface area (Å²) in [5.41, 5.74) is 0. The SMILES string of the molecule is CC[CH][Si](O[Si](C)(C)C)(O[Si](C)(C)O[Si](C)(C)C)O[Si](C)(C)O[Si](C)(C)C. The van der Waals surface area contributed by atoms with Crippen LogP contribution in [0.2, 0.25) is 85.1 Å². The lowest BCUT2D eigenvalue weighted by molar-refractivity contribution is 0.216. The van der Waals surface area contributed by atoms with Crippen molar-refractivity contribution in [2.75, 3.05) is 0 Å². The molecule has 0 unspecified atom stereocenters. The van der Waals surface area contributed by atoms with Gasteiger partial charge < -0.3 is 20.6 Å². The van der Waals surface area contributed by atoms with E-state index in [4.69, 9.17) is 20.6 Å². The third-order valence-electron chi connectivity index (χ3n) is 2.78. The zero-order valence-electron chi connectivity index (χ0n) is 20.3. The minimum absolute atomic E-state index is 0.839. The molecule has 0 spiro atoms. The summed E-state index contributed by atoms with van der Waals surface area (Å²) in [7, 11) is -13.3. The third-order valence-corrected chi connectivity index (χ3v) is 22.3. The third kappa shape index (κ3) is 13.9. The number of hydrogen-bond donors (Lipinski definition) is 0. The molecular weight excluding hydrogens is 441 g/mol. The quantitative estimate of drug-likeness (QED) is 0.314. The molecule has 0 bridgehead atoms. The Hall–Kier alpha value is 1.10. The van der Waals surface area contributed by atoms with Gasteiger partial charge in [0.2, 0.25) is 0 Å². The van der Waals surface area contributed by atoms with Crippen molar-refractivity contribution in [3.63, 3.8) is 0 Å². The Balaban J connectivity index is 5.91. The zero-order chi connectivity index (χ0) is 21.9. The van der Waals surface area contributed by atoms with Gasteiger partial charge in [-0.05, 0) is 91.5 Å². The summed E-state index contributed by atoms with van der Waals surface area (Å²) in [5, 5.41) is 0. The lowest BCUT2D eigenvalue weighted by Crippen LogP contribution is -2.65. The summed E-state index contributed by atoms with van der Waals surface area (Å²) >= 11 is 0. The van der Waals surface area contributed by atoms with Gasteiger partial charge in [-0.2, -0.15) is 0 Å². The lowest BCUT2D eigenvalue weighted by Gasteiger charge is -2.45. The largest absolute Gasteiger partial charge is 0.476 e. The molecule has 0 atom stereocenters. The van der Waals surface area contributed by atoms with Crippen LogP contribution in [0.1, 0.15) is 13.3 Å². The van der Waals surface area contributed by atoms with Crippen LogP contribution in [0.5, 0.6) is 0 Å². The van der Waals surface area contributed by atoms with Gasteiger partial charge in [0.05, 0.1) is 0 Å². The highest BCUT2D eigenvalue weighted by Crippen LogP contribution is 2.31. The second-order valence-corrected chi connectivity index (χ2v) is 34.8. The molecule has 11 heteroatoms. The maximum absolute atomic E-state index is 6.76. The Morgan fingerprint density at radius 1 is 0.481 bits per heavy atom. The maximum atomic E-state index is 6.76. The molecule has 0 saturated carbocycles.